The van der Waals surface area contributed by atoms with Gasteiger partial charge < -0.3 is 19.6 Å². The van der Waals surface area contributed by atoms with Gasteiger partial charge in [0.2, 0.25) is 11.8 Å². The predicted molar refractivity (Wildman–Crippen MR) is 160 cm³/mol. The summed E-state index contributed by atoms with van der Waals surface area (Å²) in [4.78, 5) is 37.2. The number of nitrogens with zero attached hydrogens (tertiary/aromatic N) is 4. The molecule has 0 spiro atoms. The summed E-state index contributed by atoms with van der Waals surface area (Å²) in [6.45, 7) is 5.48. The third-order valence-electron chi connectivity index (χ3n) is 7.67. The maximum atomic E-state index is 15.5. The zero-order chi connectivity index (χ0) is 32.3. The Labute approximate surface area is 257 Å². The molecule has 0 radical (unpaired) electrons. The van der Waals surface area contributed by atoms with Crippen molar-refractivity contribution < 1.29 is 37.0 Å². The highest BCUT2D eigenvalue weighted by Crippen LogP contribution is 2.40. The van der Waals surface area contributed by atoms with Crippen molar-refractivity contribution in [2.24, 2.45) is 11.8 Å². The zero-order valence-corrected chi connectivity index (χ0v) is 26.1. The van der Waals surface area contributed by atoms with Gasteiger partial charge in [0.1, 0.15) is 5.56 Å². The van der Waals surface area contributed by atoms with Gasteiger partial charge in [0.05, 0.1) is 16.9 Å². The Morgan fingerprint density at radius 1 is 1.11 bits per heavy atom. The maximum Gasteiger partial charge on any atom is 0.421 e. The average Bonchev–Trinajstić information content (AvgIpc) is 3.43. The molecule has 1 aliphatic carbocycles. The van der Waals surface area contributed by atoms with Crippen LogP contribution in [0, 0.1) is 17.7 Å². The fourth-order valence-electron chi connectivity index (χ4n) is 5.26. The minimum atomic E-state index is -4.89. The van der Waals surface area contributed by atoms with Crippen molar-refractivity contribution in [2.75, 3.05) is 23.9 Å². The molecule has 238 valence electrons. The maximum absolute atomic E-state index is 15.5. The summed E-state index contributed by atoms with van der Waals surface area (Å²) >= 11 is 1.42. The fourth-order valence-corrected chi connectivity index (χ4v) is 6.05. The molecule has 1 amide bonds. The van der Waals surface area contributed by atoms with E-state index in [1.54, 1.807) is 13.8 Å². The van der Waals surface area contributed by atoms with Gasteiger partial charge in [0.25, 0.3) is 0 Å². The van der Waals surface area contributed by atoms with Gasteiger partial charge in [-0.2, -0.15) is 13.2 Å². The number of aromatic carboxylic acids is 1. The zero-order valence-electron chi connectivity index (χ0n) is 25.2. The van der Waals surface area contributed by atoms with Crippen LogP contribution >= 0.6 is 11.3 Å². The molecule has 0 bridgehead atoms. The number of pyridine rings is 1. The molecule has 2 heterocycles. The molecule has 0 unspecified atom stereocenters. The van der Waals surface area contributed by atoms with Crippen LogP contribution in [0.4, 0.5) is 28.4 Å². The first-order valence-corrected chi connectivity index (χ1v) is 15.3. The van der Waals surface area contributed by atoms with Crippen LogP contribution < -0.4 is 14.5 Å². The van der Waals surface area contributed by atoms with Crippen molar-refractivity contribution >= 4 is 34.0 Å². The topological polar surface area (TPSA) is 95.9 Å². The van der Waals surface area contributed by atoms with E-state index in [-0.39, 0.29) is 29.5 Å². The summed E-state index contributed by atoms with van der Waals surface area (Å²) in [5.41, 5.74) is -0.886. The van der Waals surface area contributed by atoms with E-state index in [2.05, 4.69) is 16.9 Å². The highest BCUT2D eigenvalue weighted by atomic mass is 32.1. The van der Waals surface area contributed by atoms with Gasteiger partial charge in [-0.25, -0.2) is 19.2 Å². The first-order chi connectivity index (χ1) is 20.6. The lowest BCUT2D eigenvalue weighted by Gasteiger charge is -2.34. The number of alkyl halides is 3. The molecular formula is C31H36F4N4O4S. The van der Waals surface area contributed by atoms with Crippen molar-refractivity contribution in [1.29, 1.82) is 0 Å². The Kier molecular flexibility index (Phi) is 10.2. The van der Waals surface area contributed by atoms with Gasteiger partial charge in [-0.1, -0.05) is 6.92 Å². The van der Waals surface area contributed by atoms with Crippen LogP contribution in [-0.4, -0.2) is 47.1 Å². The largest absolute Gasteiger partial charge is 0.478 e. The van der Waals surface area contributed by atoms with Crippen molar-refractivity contribution in [3.05, 3.63) is 58.0 Å². The molecule has 8 nitrogen and oxygen atoms in total. The summed E-state index contributed by atoms with van der Waals surface area (Å²) < 4.78 is 63.0. The molecular weight excluding hydrogens is 600 g/mol. The van der Waals surface area contributed by atoms with Crippen LogP contribution in [0.2, 0.25) is 0 Å². The third kappa shape index (κ3) is 7.66. The van der Waals surface area contributed by atoms with E-state index >= 15 is 4.39 Å². The van der Waals surface area contributed by atoms with Crippen molar-refractivity contribution in [3.8, 4) is 11.6 Å². The van der Waals surface area contributed by atoms with E-state index in [0.717, 1.165) is 41.9 Å². The van der Waals surface area contributed by atoms with Crippen LogP contribution in [0.3, 0.4) is 0 Å². The van der Waals surface area contributed by atoms with Crippen LogP contribution in [0.1, 0.15) is 73.6 Å². The molecule has 44 heavy (non-hydrogen) atoms. The molecule has 2 aromatic heterocycles. The number of carbonyl (C=O) groups excluding carboxylic acids is 1. The second-order valence-electron chi connectivity index (χ2n) is 11.7. The monoisotopic (exact) mass is 636 g/mol. The molecule has 1 aromatic carbocycles. The second kappa shape index (κ2) is 13.5. The molecule has 3 aromatic rings. The number of carbonyl (C=O) groups is 2. The quantitative estimate of drug-likeness (QED) is 0.229. The van der Waals surface area contributed by atoms with Crippen LogP contribution in [0.15, 0.2) is 29.8 Å². The van der Waals surface area contributed by atoms with Crippen LogP contribution in [-0.2, 0) is 23.8 Å². The van der Waals surface area contributed by atoms with Crippen molar-refractivity contribution in [2.45, 2.75) is 71.5 Å². The number of benzene rings is 1. The summed E-state index contributed by atoms with van der Waals surface area (Å²) in [6.07, 6.45) is -0.101. The van der Waals surface area contributed by atoms with Gasteiger partial charge in [-0.05, 0) is 69.9 Å². The summed E-state index contributed by atoms with van der Waals surface area (Å²) in [6, 6.07) is 2.02. The molecule has 13 heteroatoms. The summed E-state index contributed by atoms with van der Waals surface area (Å²) in [5, 5.41) is 12.6. The van der Waals surface area contributed by atoms with E-state index in [4.69, 9.17) is 4.74 Å². The highest BCUT2D eigenvalue weighted by Gasteiger charge is 2.37. The lowest BCUT2D eigenvalue weighted by Crippen LogP contribution is -2.43. The first kappa shape index (κ1) is 33.2. The lowest BCUT2D eigenvalue weighted by molar-refractivity contribution is -0.139. The Hall–Kier alpha value is -3.74. The number of ether oxygens (including phenoxy) is 1. The number of halogens is 4. The van der Waals surface area contributed by atoms with Crippen molar-refractivity contribution in [1.82, 2.24) is 9.97 Å². The number of thiazole rings is 1. The van der Waals surface area contributed by atoms with E-state index in [1.807, 2.05) is 24.4 Å². The first-order valence-electron chi connectivity index (χ1n) is 14.4. The van der Waals surface area contributed by atoms with Crippen molar-refractivity contribution in [3.63, 3.8) is 0 Å². The van der Waals surface area contributed by atoms with Gasteiger partial charge in [0.15, 0.2) is 16.7 Å². The van der Waals surface area contributed by atoms with Crippen LogP contribution in [0.5, 0.6) is 11.6 Å². The number of hydrogen-bond acceptors (Lipinski definition) is 7. The SMILES string of the molecule is CC(C)N(c1cc(F)c(Oc2ncc(CCc3csc(N(C)C)n3)cc2C(F)(F)F)cc1C(=O)O)C(=O)[C@H]1CC[C@H](C)CC1. The second-order valence-corrected chi connectivity index (χ2v) is 12.5. The number of hydrogen-bond donors (Lipinski definition) is 1. The van der Waals surface area contributed by atoms with Crippen LogP contribution in [0.25, 0.3) is 0 Å². The summed E-state index contributed by atoms with van der Waals surface area (Å²) in [7, 11) is 3.68. The average molecular weight is 637 g/mol. The normalized spacial score (nSPS) is 17.0. The smallest absolute Gasteiger partial charge is 0.421 e. The molecule has 1 saturated carbocycles. The molecule has 1 fully saturated rings. The summed E-state index contributed by atoms with van der Waals surface area (Å²) in [5.74, 6) is -4.45. The molecule has 1 aliphatic rings. The van der Waals surface area contributed by atoms with Gasteiger partial charge >= 0.3 is 12.1 Å². The Balaban J connectivity index is 1.63. The Morgan fingerprint density at radius 3 is 2.36 bits per heavy atom. The fraction of sp³-hybridized carbons (Fsp3) is 0.484. The number of carboxylic acid groups (broad SMARTS) is 1. The van der Waals surface area contributed by atoms with Gasteiger partial charge in [0, 0.05) is 49.8 Å². The number of rotatable bonds is 10. The number of anilines is 2. The lowest BCUT2D eigenvalue weighted by atomic mass is 9.82. The number of aromatic nitrogens is 2. The van der Waals surface area contributed by atoms with E-state index in [1.165, 1.54) is 22.4 Å². The number of carboxylic acids is 1. The van der Waals surface area contributed by atoms with E-state index < -0.39 is 46.8 Å². The standard InChI is InChI=1S/C31H36F4N4O4S/c1-17(2)39(28(40)20-9-6-18(3)7-10-20)25-14-24(32)26(13-22(25)29(41)42)43-27-23(31(33,34)35)12-19(15-36-27)8-11-21-16-44-30(37-21)38(4)5/h12-18,20H,6-11H2,1-5H3,(H,41,42)/t18-,20-. The molecule has 0 atom stereocenters. The minimum Gasteiger partial charge on any atom is -0.478 e. The molecule has 0 aliphatic heterocycles. The molecule has 0 saturated heterocycles. The Morgan fingerprint density at radius 2 is 1.80 bits per heavy atom. The highest BCUT2D eigenvalue weighted by molar-refractivity contribution is 7.13. The predicted octanol–water partition coefficient (Wildman–Crippen LogP) is 7.61. The third-order valence-corrected chi connectivity index (χ3v) is 8.73. The molecule has 4 rings (SSSR count). The van der Waals surface area contributed by atoms with Gasteiger partial charge in [-0.15, -0.1) is 11.3 Å². The molecule has 1 N–H and O–H groups in total. The number of aryl methyl sites for hydroxylation is 2. The van der Waals surface area contributed by atoms with Gasteiger partial charge in [-0.3, -0.25) is 4.79 Å². The van der Waals surface area contributed by atoms with E-state index in [0.29, 0.717) is 25.2 Å². The Bertz CT molecular complexity index is 1500. The number of amides is 1. The van der Waals surface area contributed by atoms with E-state index in [9.17, 15) is 27.9 Å². The minimum absolute atomic E-state index is 0.181.